The van der Waals surface area contributed by atoms with Crippen molar-refractivity contribution in [3.8, 4) is 11.5 Å². The smallest absolute Gasteiger partial charge is 0.416 e. The Balaban J connectivity index is 1.31. The molecule has 12 heteroatoms. The molecule has 0 spiro atoms. The van der Waals surface area contributed by atoms with E-state index in [1.165, 1.54) is 6.20 Å². The zero-order chi connectivity index (χ0) is 25.7. The van der Waals surface area contributed by atoms with Crippen molar-refractivity contribution in [2.45, 2.75) is 44.2 Å². The van der Waals surface area contributed by atoms with E-state index in [1.54, 1.807) is 22.8 Å². The standard InChI is InChI=1S/C24H19F6N3O3/c25-23(26,27)16-6-15(7-17(8-16)24(28,29)30)14-2-4-21-32-18(11-33(21)10-14)22(34)31-9-13-1-3-19-20(5-13)36-12-35-19/h1,3,5-8,11,14H,2,4,9-10,12H2,(H,31,34)/t14-/m1/s1. The molecule has 0 fully saturated rings. The van der Waals surface area contributed by atoms with Gasteiger partial charge in [-0.3, -0.25) is 4.79 Å². The molecule has 1 aromatic heterocycles. The van der Waals surface area contributed by atoms with E-state index >= 15 is 0 Å². The van der Waals surface area contributed by atoms with Gasteiger partial charge in [0, 0.05) is 31.6 Å². The second-order valence-electron chi connectivity index (χ2n) is 8.64. The number of alkyl halides is 6. The minimum Gasteiger partial charge on any atom is -0.454 e. The van der Waals surface area contributed by atoms with Gasteiger partial charge in [0.15, 0.2) is 11.5 Å². The zero-order valence-corrected chi connectivity index (χ0v) is 18.5. The lowest BCUT2D eigenvalue weighted by Crippen LogP contribution is -2.23. The molecule has 0 saturated carbocycles. The second kappa shape index (κ2) is 8.75. The SMILES string of the molecule is O=C(NCc1ccc2c(c1)OCO2)c1cn2c(n1)CC[C@@H](c1cc(C(F)(F)F)cc(C(F)(F)F)c1)C2. The van der Waals surface area contributed by atoms with Crippen molar-refractivity contribution in [1.82, 2.24) is 14.9 Å². The zero-order valence-electron chi connectivity index (χ0n) is 18.5. The first-order valence-electron chi connectivity index (χ1n) is 11.0. The van der Waals surface area contributed by atoms with Crippen LogP contribution < -0.4 is 14.8 Å². The quantitative estimate of drug-likeness (QED) is 0.483. The molecule has 1 amide bonds. The van der Waals surface area contributed by atoms with Gasteiger partial charge < -0.3 is 19.4 Å². The van der Waals surface area contributed by atoms with E-state index < -0.39 is 35.3 Å². The van der Waals surface area contributed by atoms with Crippen molar-refractivity contribution in [2.24, 2.45) is 0 Å². The summed E-state index contributed by atoms with van der Waals surface area (Å²) in [7, 11) is 0. The summed E-state index contributed by atoms with van der Waals surface area (Å²) in [5.74, 6) is 0.685. The molecule has 3 heterocycles. The van der Waals surface area contributed by atoms with Crippen LogP contribution in [0, 0.1) is 0 Å². The Morgan fingerprint density at radius 1 is 1.00 bits per heavy atom. The highest BCUT2D eigenvalue weighted by Crippen LogP contribution is 2.39. The molecule has 190 valence electrons. The van der Waals surface area contributed by atoms with Gasteiger partial charge in [-0.25, -0.2) is 4.98 Å². The summed E-state index contributed by atoms with van der Waals surface area (Å²) in [5.41, 5.74) is -1.84. The summed E-state index contributed by atoms with van der Waals surface area (Å²) in [5, 5.41) is 2.75. The summed E-state index contributed by atoms with van der Waals surface area (Å²) in [4.78, 5) is 16.9. The molecule has 1 atom stereocenters. The summed E-state index contributed by atoms with van der Waals surface area (Å²) >= 11 is 0. The molecule has 0 saturated heterocycles. The van der Waals surface area contributed by atoms with Crippen LogP contribution in [0.1, 0.15) is 50.9 Å². The van der Waals surface area contributed by atoms with Gasteiger partial charge in [0.2, 0.25) is 6.79 Å². The Hall–Kier alpha value is -3.70. The van der Waals surface area contributed by atoms with Crippen molar-refractivity contribution in [3.05, 3.63) is 76.4 Å². The lowest BCUT2D eigenvalue weighted by Gasteiger charge is -2.25. The fourth-order valence-electron chi connectivity index (χ4n) is 4.36. The normalized spacial score (nSPS) is 17.1. The van der Waals surface area contributed by atoms with E-state index in [4.69, 9.17) is 9.47 Å². The minimum atomic E-state index is -4.91. The van der Waals surface area contributed by atoms with Crippen molar-refractivity contribution in [3.63, 3.8) is 0 Å². The van der Waals surface area contributed by atoms with Crippen LogP contribution in [0.15, 0.2) is 42.6 Å². The molecule has 6 nitrogen and oxygen atoms in total. The van der Waals surface area contributed by atoms with Crippen LogP contribution in [0.2, 0.25) is 0 Å². The molecular formula is C24H19F6N3O3. The topological polar surface area (TPSA) is 65.4 Å². The van der Waals surface area contributed by atoms with Crippen LogP contribution in [0.5, 0.6) is 11.5 Å². The monoisotopic (exact) mass is 511 g/mol. The van der Waals surface area contributed by atoms with Crippen LogP contribution in [-0.2, 0) is 31.9 Å². The first-order chi connectivity index (χ1) is 17.0. The molecule has 3 aromatic rings. The first-order valence-corrected chi connectivity index (χ1v) is 11.0. The summed E-state index contributed by atoms with van der Waals surface area (Å²) in [6.45, 7) is 0.436. The highest BCUT2D eigenvalue weighted by Gasteiger charge is 2.38. The number of hydrogen-bond donors (Lipinski definition) is 1. The van der Waals surface area contributed by atoms with Gasteiger partial charge in [-0.1, -0.05) is 6.07 Å². The van der Waals surface area contributed by atoms with Gasteiger partial charge in [0.25, 0.3) is 5.91 Å². The number of aromatic nitrogens is 2. The second-order valence-corrected chi connectivity index (χ2v) is 8.64. The van der Waals surface area contributed by atoms with E-state index in [9.17, 15) is 31.1 Å². The average molecular weight is 511 g/mol. The summed E-state index contributed by atoms with van der Waals surface area (Å²) < 4.78 is 91.7. The van der Waals surface area contributed by atoms with Gasteiger partial charge >= 0.3 is 12.4 Å². The maximum absolute atomic E-state index is 13.3. The van der Waals surface area contributed by atoms with Gasteiger partial charge in [0.05, 0.1) is 11.1 Å². The molecule has 2 aliphatic heterocycles. The molecule has 5 rings (SSSR count). The minimum absolute atomic E-state index is 0.0506. The number of ether oxygens (including phenoxy) is 2. The van der Waals surface area contributed by atoms with Gasteiger partial charge in [0.1, 0.15) is 11.5 Å². The molecule has 1 N–H and O–H groups in total. The van der Waals surface area contributed by atoms with Crippen LogP contribution in [-0.4, -0.2) is 22.3 Å². The van der Waals surface area contributed by atoms with Crippen LogP contribution in [0.25, 0.3) is 0 Å². The number of nitrogens with zero attached hydrogens (tertiary/aromatic N) is 2. The van der Waals surface area contributed by atoms with E-state index in [-0.39, 0.29) is 37.2 Å². The molecule has 0 unspecified atom stereocenters. The van der Waals surface area contributed by atoms with Crippen molar-refractivity contribution < 1.29 is 40.6 Å². The number of carbonyl (C=O) groups excluding carboxylic acids is 1. The Bertz CT molecular complexity index is 1280. The summed E-state index contributed by atoms with van der Waals surface area (Å²) in [6.07, 6.45) is -7.75. The maximum atomic E-state index is 13.3. The van der Waals surface area contributed by atoms with Gasteiger partial charge in [-0.15, -0.1) is 0 Å². The van der Waals surface area contributed by atoms with Crippen molar-refractivity contribution in [1.29, 1.82) is 0 Å². The number of fused-ring (bicyclic) bond motifs is 2. The number of imidazole rings is 1. The predicted octanol–water partition coefficient (Wildman–Crippen LogP) is 5.31. The van der Waals surface area contributed by atoms with E-state index in [0.717, 1.165) is 17.7 Å². The van der Waals surface area contributed by atoms with Crippen LogP contribution >= 0.6 is 0 Å². The number of nitrogens with one attached hydrogen (secondary N) is 1. The van der Waals surface area contributed by atoms with Gasteiger partial charge in [-0.2, -0.15) is 26.3 Å². The molecule has 0 radical (unpaired) electrons. The number of aryl methyl sites for hydroxylation is 1. The van der Waals surface area contributed by atoms with E-state index in [0.29, 0.717) is 30.2 Å². The number of hydrogen-bond acceptors (Lipinski definition) is 4. The third kappa shape index (κ3) is 4.84. The fourth-order valence-corrected chi connectivity index (χ4v) is 4.36. The highest BCUT2D eigenvalue weighted by molar-refractivity contribution is 5.92. The van der Waals surface area contributed by atoms with Crippen LogP contribution in [0.4, 0.5) is 26.3 Å². The molecule has 36 heavy (non-hydrogen) atoms. The average Bonchev–Trinajstić information content (AvgIpc) is 3.47. The first kappa shape index (κ1) is 24.0. The Morgan fingerprint density at radius 2 is 1.69 bits per heavy atom. The highest BCUT2D eigenvalue weighted by atomic mass is 19.4. The lowest BCUT2D eigenvalue weighted by atomic mass is 9.89. The number of amides is 1. The van der Waals surface area contributed by atoms with Gasteiger partial charge in [-0.05, 0) is 47.9 Å². The number of carbonyl (C=O) groups is 1. The molecule has 0 bridgehead atoms. The Morgan fingerprint density at radius 3 is 2.39 bits per heavy atom. The van der Waals surface area contributed by atoms with Crippen molar-refractivity contribution in [2.75, 3.05) is 6.79 Å². The fraction of sp³-hybridized carbons (Fsp3) is 0.333. The number of benzene rings is 2. The Kier molecular flexibility index (Phi) is 5.84. The Labute approximate surface area is 200 Å². The molecule has 2 aliphatic rings. The third-order valence-corrected chi connectivity index (χ3v) is 6.20. The van der Waals surface area contributed by atoms with E-state index in [2.05, 4.69) is 10.3 Å². The van der Waals surface area contributed by atoms with Crippen molar-refractivity contribution >= 4 is 5.91 Å². The number of rotatable bonds is 4. The predicted molar refractivity (Wildman–Crippen MR) is 113 cm³/mol. The summed E-state index contributed by atoms with van der Waals surface area (Å²) in [6, 6.07) is 6.91. The largest absolute Gasteiger partial charge is 0.454 e. The maximum Gasteiger partial charge on any atom is 0.416 e. The van der Waals surface area contributed by atoms with Crippen LogP contribution in [0.3, 0.4) is 0 Å². The molecule has 0 aliphatic carbocycles. The third-order valence-electron chi connectivity index (χ3n) is 6.20. The lowest BCUT2D eigenvalue weighted by molar-refractivity contribution is -0.143. The van der Waals surface area contributed by atoms with E-state index in [1.807, 2.05) is 0 Å². The number of halogens is 6. The molecule has 2 aromatic carbocycles. The molecular weight excluding hydrogens is 492 g/mol.